The minimum absolute atomic E-state index is 0.0894. The Balaban J connectivity index is 0.706. The van der Waals surface area contributed by atoms with Gasteiger partial charge in [-0.05, 0) is 114 Å². The molecule has 5 fully saturated rings. The predicted octanol–water partition coefficient (Wildman–Crippen LogP) is 4.80. The largest absolute Gasteiger partial charge is 0.478 e. The number of rotatable bonds is 12. The molecule has 3 N–H and O–H groups in total. The molecular weight excluding hydrogens is 892 g/mol. The van der Waals surface area contributed by atoms with Crippen LogP contribution in [0.3, 0.4) is 0 Å². The maximum absolute atomic E-state index is 13.5. The molecule has 5 aliphatic heterocycles. The average molecular weight is 950 g/mol. The summed E-state index contributed by atoms with van der Waals surface area (Å²) < 4.78 is 14.0. The smallest absolute Gasteiger partial charge is 0.293 e. The van der Waals surface area contributed by atoms with Crippen molar-refractivity contribution in [3.05, 3.63) is 75.2 Å². The Hall–Kier alpha value is -6.11. The van der Waals surface area contributed by atoms with Crippen LogP contribution in [0.4, 0.5) is 23.1 Å². The fourth-order valence-corrected chi connectivity index (χ4v) is 11.2. The van der Waals surface area contributed by atoms with Crippen LogP contribution < -0.4 is 36.0 Å². The van der Waals surface area contributed by atoms with E-state index in [4.69, 9.17) is 26.1 Å². The number of fused-ring (bicyclic) bond motifs is 2. The lowest BCUT2D eigenvalue weighted by Crippen LogP contribution is -2.54. The van der Waals surface area contributed by atoms with Gasteiger partial charge < -0.3 is 34.5 Å². The summed E-state index contributed by atoms with van der Waals surface area (Å²) in [7, 11) is 1.51. The fourth-order valence-electron chi connectivity index (χ4n) is 11.1. The molecule has 19 heteroatoms. The molecule has 4 saturated heterocycles. The zero-order valence-corrected chi connectivity index (χ0v) is 39.3. The molecular formula is C49H57ClN10O8. The van der Waals surface area contributed by atoms with E-state index in [1.165, 1.54) is 7.05 Å². The zero-order chi connectivity index (χ0) is 47.4. The van der Waals surface area contributed by atoms with Gasteiger partial charge in [0, 0.05) is 80.5 Å². The lowest BCUT2D eigenvalue weighted by Gasteiger charge is -2.45. The first-order chi connectivity index (χ1) is 32.8. The van der Waals surface area contributed by atoms with Crippen LogP contribution in [0.5, 0.6) is 5.75 Å². The Morgan fingerprint density at radius 2 is 1.71 bits per heavy atom. The first kappa shape index (κ1) is 45.7. The van der Waals surface area contributed by atoms with Gasteiger partial charge in [-0.15, -0.1) is 0 Å². The Morgan fingerprint density at radius 3 is 2.47 bits per heavy atom. The van der Waals surface area contributed by atoms with Crippen molar-refractivity contribution in [3.63, 3.8) is 0 Å². The Kier molecular flexibility index (Phi) is 12.4. The number of nitrogens with zero attached hydrogens (tertiary/aromatic N) is 7. The van der Waals surface area contributed by atoms with Crippen LogP contribution in [0.25, 0.3) is 10.9 Å². The number of pyridine rings is 1. The molecule has 2 aromatic carbocycles. The minimum atomic E-state index is -0.980. The number of aromatic nitrogens is 3. The minimum Gasteiger partial charge on any atom is -0.478 e. The highest BCUT2D eigenvalue weighted by Crippen LogP contribution is 2.44. The molecule has 1 saturated carbocycles. The van der Waals surface area contributed by atoms with Crippen LogP contribution in [0, 0.1) is 5.41 Å². The number of nitrogens with one attached hydrogen (secondary N) is 3. The number of hydrogen-bond donors (Lipinski definition) is 3. The van der Waals surface area contributed by atoms with E-state index in [0.29, 0.717) is 39.6 Å². The molecule has 6 aliphatic rings. The van der Waals surface area contributed by atoms with Gasteiger partial charge in [-0.25, -0.2) is 4.98 Å². The summed E-state index contributed by atoms with van der Waals surface area (Å²) in [4.78, 5) is 93.9. The summed E-state index contributed by atoms with van der Waals surface area (Å²) in [6.07, 6.45) is 9.31. The molecule has 0 bridgehead atoms. The molecule has 358 valence electrons. The molecule has 4 aromatic rings. The summed E-state index contributed by atoms with van der Waals surface area (Å²) in [6, 6.07) is 12.1. The number of likely N-dealkylation sites (tertiary alicyclic amines) is 1. The Labute approximate surface area is 398 Å². The number of hydrogen-bond acceptors (Lipinski definition) is 14. The van der Waals surface area contributed by atoms with Gasteiger partial charge in [0.2, 0.25) is 17.8 Å². The van der Waals surface area contributed by atoms with Gasteiger partial charge >= 0.3 is 0 Å². The molecule has 18 nitrogen and oxygen atoms in total. The van der Waals surface area contributed by atoms with Gasteiger partial charge in [-0.2, -0.15) is 4.98 Å². The number of carbonyl (C=O) groups excluding carboxylic acids is 5. The summed E-state index contributed by atoms with van der Waals surface area (Å²) in [5.41, 5.74) is 2.82. The quantitative estimate of drug-likeness (QED) is 0.164. The second kappa shape index (κ2) is 18.4. The van der Waals surface area contributed by atoms with Crippen LogP contribution in [0.2, 0.25) is 5.02 Å². The van der Waals surface area contributed by atoms with Crippen LogP contribution in [0.15, 0.2) is 53.5 Å². The van der Waals surface area contributed by atoms with Crippen LogP contribution in [-0.4, -0.2) is 131 Å². The third kappa shape index (κ3) is 8.77. The maximum atomic E-state index is 13.5. The summed E-state index contributed by atoms with van der Waals surface area (Å²) >= 11 is 6.62. The van der Waals surface area contributed by atoms with Crippen LogP contribution in [0.1, 0.15) is 98.4 Å². The van der Waals surface area contributed by atoms with E-state index >= 15 is 0 Å². The molecule has 0 unspecified atom stereocenters. The van der Waals surface area contributed by atoms with Gasteiger partial charge in [0.1, 0.15) is 11.1 Å². The molecule has 2 atom stereocenters. The SMILES string of the molecule is CNC(=O)COc1cc2cc(Nc3nc(N4CCC(OC5CC(N6CC[C@]7(CCCN(c8ccc9c(c8)C(=O)N([C@@H]8CCC(=O)NC8=O)C9=O)C7)C6)C5)CC4)ncc3Cl)ccc2n(C(C)C)c1=O. The van der Waals surface area contributed by atoms with Crippen molar-refractivity contribution in [2.75, 3.05) is 68.0 Å². The summed E-state index contributed by atoms with van der Waals surface area (Å²) in [5.74, 6) is -1.16. The Bertz CT molecular complexity index is 2750. The molecule has 68 heavy (non-hydrogen) atoms. The van der Waals surface area contributed by atoms with Gasteiger partial charge in [0.15, 0.2) is 18.2 Å². The number of ether oxygens (including phenoxy) is 2. The second-order valence-electron chi connectivity index (χ2n) is 19.5. The first-order valence-electron chi connectivity index (χ1n) is 23.8. The third-order valence-electron chi connectivity index (χ3n) is 14.8. The third-order valence-corrected chi connectivity index (χ3v) is 15.0. The molecule has 0 radical (unpaired) electrons. The van der Waals surface area contributed by atoms with E-state index in [9.17, 15) is 28.8 Å². The predicted molar refractivity (Wildman–Crippen MR) is 255 cm³/mol. The van der Waals surface area contributed by atoms with Crippen molar-refractivity contribution in [3.8, 4) is 5.75 Å². The number of halogens is 1. The summed E-state index contributed by atoms with van der Waals surface area (Å²) in [6.45, 7) is 8.91. The molecule has 5 amide bonds. The number of likely N-dealkylation sites (N-methyl/N-ethyl adjacent to an activating group) is 1. The Morgan fingerprint density at radius 1 is 0.912 bits per heavy atom. The lowest BCUT2D eigenvalue weighted by atomic mass is 9.78. The number of anilines is 4. The van der Waals surface area contributed by atoms with Crippen molar-refractivity contribution in [1.82, 2.24) is 35.0 Å². The summed E-state index contributed by atoms with van der Waals surface area (Å²) in [5, 5.41) is 9.23. The van der Waals surface area contributed by atoms with Crippen molar-refractivity contribution in [2.45, 2.75) is 102 Å². The van der Waals surface area contributed by atoms with Crippen molar-refractivity contribution < 1.29 is 33.4 Å². The monoisotopic (exact) mass is 948 g/mol. The molecule has 2 aromatic heterocycles. The maximum Gasteiger partial charge on any atom is 0.293 e. The van der Waals surface area contributed by atoms with Crippen LogP contribution >= 0.6 is 11.6 Å². The molecule has 10 rings (SSSR count). The van der Waals surface area contributed by atoms with Gasteiger partial charge in [0.05, 0.1) is 35.0 Å². The van der Waals surface area contributed by atoms with Gasteiger partial charge in [-0.3, -0.25) is 43.9 Å². The number of benzene rings is 2. The molecule has 1 aliphatic carbocycles. The number of imide groups is 2. The number of carbonyl (C=O) groups is 5. The van der Waals surface area contributed by atoms with Crippen molar-refractivity contribution in [2.24, 2.45) is 5.41 Å². The van der Waals surface area contributed by atoms with E-state index in [1.807, 2.05) is 44.2 Å². The highest BCUT2D eigenvalue weighted by molar-refractivity contribution is 6.33. The van der Waals surface area contributed by atoms with Crippen molar-refractivity contribution in [1.29, 1.82) is 0 Å². The fraction of sp³-hybridized carbons (Fsp3) is 0.510. The van der Waals surface area contributed by atoms with E-state index in [1.54, 1.807) is 22.9 Å². The highest BCUT2D eigenvalue weighted by Gasteiger charge is 2.48. The molecule has 7 heterocycles. The van der Waals surface area contributed by atoms with Gasteiger partial charge in [0.25, 0.3) is 23.3 Å². The topological polar surface area (TPSA) is 201 Å². The normalized spacial score (nSPS) is 24.5. The van der Waals surface area contributed by atoms with Crippen molar-refractivity contribution >= 4 is 75.2 Å². The van der Waals surface area contributed by atoms with E-state index < -0.39 is 29.7 Å². The van der Waals surface area contributed by atoms with E-state index in [2.05, 4.69) is 35.6 Å². The zero-order valence-electron chi connectivity index (χ0n) is 38.6. The second-order valence-corrected chi connectivity index (χ2v) is 19.9. The lowest BCUT2D eigenvalue weighted by molar-refractivity contribution is -0.136. The van der Waals surface area contributed by atoms with Crippen LogP contribution in [-0.2, 0) is 19.1 Å². The van der Waals surface area contributed by atoms with Gasteiger partial charge in [-0.1, -0.05) is 11.6 Å². The number of piperidine rings is 3. The first-order valence-corrected chi connectivity index (χ1v) is 24.2. The van der Waals surface area contributed by atoms with E-state index in [0.717, 1.165) is 106 Å². The number of amides is 5. The highest BCUT2D eigenvalue weighted by atomic mass is 35.5. The standard InChI is InChI=1S/C49H57ClN10O8/c1-28(2)59-38-8-5-30(19-29(38)20-40(47(59)66)67-25-42(62)51-3)53-43-37(50)24-52-48(55-43)56-16-11-33(12-17-56)68-34-21-32(22-34)58-18-14-49(27-58)13-4-15-57(26-49)31-6-7-35-36(23-31)46(65)60(45(35)64)39-9-10-41(61)54-44(39)63/h5-8,19-20,23-24,28,32-34,39H,4,9-18,21-22,25-27H2,1-3H3,(H,51,62)(H,52,53,55)(H,54,61,63)/t32?,34?,39-,49+/m1/s1. The molecule has 1 spiro atoms. The van der Waals surface area contributed by atoms with E-state index in [-0.39, 0.29) is 60.3 Å². The average Bonchev–Trinajstić information content (AvgIpc) is 3.82.